The highest BCUT2D eigenvalue weighted by Gasteiger charge is 2.52. The molecule has 10 heteroatoms. The smallest absolute Gasteiger partial charge is 0.399 e. The van der Waals surface area contributed by atoms with Crippen LogP contribution in [0.15, 0.2) is 12.1 Å². The van der Waals surface area contributed by atoms with Crippen LogP contribution in [0.25, 0.3) is 10.9 Å². The monoisotopic (exact) mass is 400 g/mol. The SMILES string of the molecule is Cn1nc(CS(C)(=O)=O)c2c(C(F)F)ccc(B3OC(C)(C)C(C)(C)O3)c21. The third-order valence-electron chi connectivity index (χ3n) is 5.27. The fourth-order valence-corrected chi connectivity index (χ4v) is 3.95. The Morgan fingerprint density at radius 3 is 2.22 bits per heavy atom. The molecule has 0 saturated carbocycles. The van der Waals surface area contributed by atoms with Crippen molar-refractivity contribution in [3.8, 4) is 0 Å². The normalized spacial score (nSPS) is 19.4. The number of alkyl halides is 2. The lowest BCUT2D eigenvalue weighted by Crippen LogP contribution is -2.41. The number of fused-ring (bicyclic) bond motifs is 1. The maximum atomic E-state index is 13.6. The average Bonchev–Trinajstić information content (AvgIpc) is 2.90. The zero-order valence-corrected chi connectivity index (χ0v) is 17.0. The molecule has 6 nitrogen and oxygen atoms in total. The minimum atomic E-state index is -3.45. The van der Waals surface area contributed by atoms with Crippen LogP contribution in [0.2, 0.25) is 0 Å². The fraction of sp³-hybridized carbons (Fsp3) is 0.588. The molecular weight excluding hydrogens is 377 g/mol. The predicted octanol–water partition coefficient (Wildman–Crippen LogP) is 2.35. The molecule has 1 aromatic carbocycles. The Bertz CT molecular complexity index is 986. The zero-order valence-electron chi connectivity index (χ0n) is 16.2. The molecule has 0 amide bonds. The van der Waals surface area contributed by atoms with E-state index in [1.807, 2.05) is 27.7 Å². The Kier molecular flexibility index (Phi) is 4.68. The number of nitrogens with zero attached hydrogens (tertiary/aromatic N) is 2. The summed E-state index contributed by atoms with van der Waals surface area (Å²) in [7, 11) is -2.63. The highest BCUT2D eigenvalue weighted by molar-refractivity contribution is 7.89. The summed E-state index contributed by atoms with van der Waals surface area (Å²) >= 11 is 0. The van der Waals surface area contributed by atoms with Gasteiger partial charge < -0.3 is 9.31 Å². The van der Waals surface area contributed by atoms with Gasteiger partial charge >= 0.3 is 7.12 Å². The summed E-state index contributed by atoms with van der Waals surface area (Å²) < 4.78 is 64.3. The van der Waals surface area contributed by atoms with Crippen molar-refractivity contribution < 1.29 is 26.5 Å². The van der Waals surface area contributed by atoms with Crippen molar-refractivity contribution in [1.82, 2.24) is 9.78 Å². The molecule has 3 rings (SSSR count). The van der Waals surface area contributed by atoms with E-state index in [9.17, 15) is 17.2 Å². The van der Waals surface area contributed by atoms with Crippen LogP contribution >= 0.6 is 0 Å². The number of halogens is 2. The first-order chi connectivity index (χ1) is 12.2. The molecule has 1 aliphatic rings. The number of rotatable bonds is 4. The predicted molar refractivity (Wildman–Crippen MR) is 99.9 cm³/mol. The van der Waals surface area contributed by atoms with Gasteiger partial charge in [0.1, 0.15) is 0 Å². The van der Waals surface area contributed by atoms with E-state index in [0.717, 1.165) is 6.26 Å². The molecule has 0 radical (unpaired) electrons. The van der Waals surface area contributed by atoms with E-state index in [1.165, 1.54) is 16.8 Å². The van der Waals surface area contributed by atoms with Crippen molar-refractivity contribution in [3.63, 3.8) is 0 Å². The molecule has 0 spiro atoms. The van der Waals surface area contributed by atoms with Gasteiger partial charge in [-0.3, -0.25) is 4.68 Å². The molecular formula is C17H23BF2N2O4S. The number of hydrogen-bond acceptors (Lipinski definition) is 5. The second-order valence-corrected chi connectivity index (χ2v) is 10.1. The summed E-state index contributed by atoms with van der Waals surface area (Å²) in [6.07, 6.45) is -1.71. The summed E-state index contributed by atoms with van der Waals surface area (Å²) in [4.78, 5) is 0. The summed E-state index contributed by atoms with van der Waals surface area (Å²) in [6, 6.07) is 2.83. The van der Waals surface area contributed by atoms with Gasteiger partial charge in [0.25, 0.3) is 6.43 Å². The number of benzene rings is 1. The Labute approximate surface area is 157 Å². The molecule has 1 aromatic heterocycles. The van der Waals surface area contributed by atoms with E-state index in [2.05, 4.69) is 5.10 Å². The molecule has 0 bridgehead atoms. The molecule has 0 unspecified atom stereocenters. The minimum Gasteiger partial charge on any atom is -0.399 e. The van der Waals surface area contributed by atoms with E-state index >= 15 is 0 Å². The highest BCUT2D eigenvalue weighted by atomic mass is 32.2. The Morgan fingerprint density at radius 1 is 1.19 bits per heavy atom. The second kappa shape index (κ2) is 6.25. The summed E-state index contributed by atoms with van der Waals surface area (Å²) in [5.74, 6) is -0.420. The fourth-order valence-electron chi connectivity index (χ4n) is 3.25. The molecule has 1 aliphatic heterocycles. The lowest BCUT2D eigenvalue weighted by molar-refractivity contribution is 0.00578. The number of aromatic nitrogens is 2. The Balaban J connectivity index is 2.24. The topological polar surface area (TPSA) is 70.4 Å². The van der Waals surface area contributed by atoms with Crippen molar-refractivity contribution in [2.24, 2.45) is 7.05 Å². The van der Waals surface area contributed by atoms with Crippen molar-refractivity contribution in [2.45, 2.75) is 51.1 Å². The minimum absolute atomic E-state index is 0.101. The van der Waals surface area contributed by atoms with Gasteiger partial charge in [-0.25, -0.2) is 17.2 Å². The maximum absolute atomic E-state index is 13.6. The Morgan fingerprint density at radius 2 is 1.74 bits per heavy atom. The van der Waals surface area contributed by atoms with Gasteiger partial charge in [-0.15, -0.1) is 0 Å². The molecule has 0 aliphatic carbocycles. The van der Waals surface area contributed by atoms with Gasteiger partial charge in [0.15, 0.2) is 9.84 Å². The van der Waals surface area contributed by atoms with Crippen LogP contribution in [0.4, 0.5) is 8.78 Å². The van der Waals surface area contributed by atoms with E-state index < -0.39 is 40.3 Å². The van der Waals surface area contributed by atoms with Gasteiger partial charge in [-0.2, -0.15) is 5.10 Å². The Hall–Kier alpha value is -1.52. The van der Waals surface area contributed by atoms with E-state index in [1.54, 1.807) is 7.05 Å². The number of hydrogen-bond donors (Lipinski definition) is 0. The van der Waals surface area contributed by atoms with Crippen LogP contribution < -0.4 is 5.46 Å². The lowest BCUT2D eigenvalue weighted by atomic mass is 9.77. The van der Waals surface area contributed by atoms with E-state index in [4.69, 9.17) is 9.31 Å². The van der Waals surface area contributed by atoms with Gasteiger partial charge in [0.2, 0.25) is 0 Å². The summed E-state index contributed by atoms with van der Waals surface area (Å²) in [5.41, 5.74) is -0.410. The quantitative estimate of drug-likeness (QED) is 0.737. The standard InChI is InChI=1S/C17H23BF2N2O4S/c1-16(2)17(3,4)26-18(25-16)11-8-7-10(15(19)20)13-12(9-27(6,23)24)21-22(5)14(11)13/h7-8,15H,9H2,1-6H3. The third-order valence-corrected chi connectivity index (χ3v) is 6.06. The first-order valence-electron chi connectivity index (χ1n) is 8.53. The lowest BCUT2D eigenvalue weighted by Gasteiger charge is -2.32. The molecule has 0 atom stereocenters. The van der Waals surface area contributed by atoms with E-state index in [0.29, 0.717) is 11.0 Å². The maximum Gasteiger partial charge on any atom is 0.497 e. The molecule has 2 aromatic rings. The molecule has 1 saturated heterocycles. The van der Waals surface area contributed by atoms with Gasteiger partial charge in [-0.1, -0.05) is 12.1 Å². The van der Waals surface area contributed by atoms with Crippen LogP contribution in [-0.4, -0.2) is 42.8 Å². The third kappa shape index (κ3) is 3.50. The van der Waals surface area contributed by atoms with Crippen molar-refractivity contribution in [2.75, 3.05) is 6.26 Å². The van der Waals surface area contributed by atoms with Gasteiger partial charge in [0, 0.05) is 29.7 Å². The number of sulfone groups is 1. The highest BCUT2D eigenvalue weighted by Crippen LogP contribution is 2.38. The van der Waals surface area contributed by atoms with Crippen LogP contribution in [0.5, 0.6) is 0 Å². The van der Waals surface area contributed by atoms with Crippen LogP contribution in [-0.2, 0) is 31.9 Å². The molecule has 148 valence electrons. The molecule has 1 fully saturated rings. The molecule has 2 heterocycles. The molecule has 27 heavy (non-hydrogen) atoms. The van der Waals surface area contributed by atoms with Gasteiger partial charge in [-0.05, 0) is 27.7 Å². The van der Waals surface area contributed by atoms with Crippen molar-refractivity contribution in [1.29, 1.82) is 0 Å². The average molecular weight is 400 g/mol. The first-order valence-corrected chi connectivity index (χ1v) is 10.6. The van der Waals surface area contributed by atoms with Gasteiger partial charge in [0.05, 0.1) is 28.2 Å². The number of aryl methyl sites for hydroxylation is 1. The summed E-state index contributed by atoms with van der Waals surface area (Å²) in [5, 5.41) is 4.36. The van der Waals surface area contributed by atoms with Crippen LogP contribution in [0, 0.1) is 0 Å². The largest absolute Gasteiger partial charge is 0.497 e. The van der Waals surface area contributed by atoms with Crippen LogP contribution in [0.1, 0.15) is 45.4 Å². The first kappa shape index (κ1) is 20.2. The van der Waals surface area contributed by atoms with E-state index in [-0.39, 0.29) is 16.6 Å². The zero-order chi connectivity index (χ0) is 20.4. The molecule has 0 N–H and O–H groups in total. The second-order valence-electron chi connectivity index (χ2n) is 8.00. The van der Waals surface area contributed by atoms with Crippen molar-refractivity contribution >= 4 is 33.3 Å². The van der Waals surface area contributed by atoms with Crippen LogP contribution in [0.3, 0.4) is 0 Å². The van der Waals surface area contributed by atoms with Crippen molar-refractivity contribution in [3.05, 3.63) is 23.4 Å². The summed E-state index contributed by atoms with van der Waals surface area (Å²) in [6.45, 7) is 7.60.